The van der Waals surface area contributed by atoms with Crippen molar-refractivity contribution in [3.05, 3.63) is 77.9 Å². The van der Waals surface area contributed by atoms with E-state index in [-0.39, 0.29) is 5.82 Å². The van der Waals surface area contributed by atoms with Crippen molar-refractivity contribution in [1.29, 1.82) is 0 Å². The monoisotopic (exact) mass is 281 g/mol. The fourth-order valence-electron chi connectivity index (χ4n) is 2.34. The Balaban J connectivity index is 1.85. The van der Waals surface area contributed by atoms with Crippen molar-refractivity contribution in [2.24, 2.45) is 5.73 Å². The van der Waals surface area contributed by atoms with Crippen LogP contribution in [0.5, 0.6) is 0 Å². The van der Waals surface area contributed by atoms with Crippen molar-refractivity contribution in [1.82, 2.24) is 9.78 Å². The molecule has 1 aromatic heterocycles. The van der Waals surface area contributed by atoms with Gasteiger partial charge in [-0.1, -0.05) is 36.4 Å². The van der Waals surface area contributed by atoms with Gasteiger partial charge < -0.3 is 5.73 Å². The second kappa shape index (κ2) is 5.89. The van der Waals surface area contributed by atoms with Gasteiger partial charge >= 0.3 is 0 Å². The van der Waals surface area contributed by atoms with Gasteiger partial charge in [-0.3, -0.25) is 4.68 Å². The highest BCUT2D eigenvalue weighted by Crippen LogP contribution is 2.19. The molecule has 0 atom stereocenters. The summed E-state index contributed by atoms with van der Waals surface area (Å²) < 4.78 is 15.1. The zero-order valence-electron chi connectivity index (χ0n) is 11.5. The fraction of sp³-hybridized carbons (Fsp3) is 0.118. The van der Waals surface area contributed by atoms with E-state index in [4.69, 9.17) is 5.73 Å². The van der Waals surface area contributed by atoms with E-state index >= 15 is 0 Å². The lowest BCUT2D eigenvalue weighted by molar-refractivity contribution is 0.620. The Morgan fingerprint density at radius 3 is 2.57 bits per heavy atom. The summed E-state index contributed by atoms with van der Waals surface area (Å²) in [4.78, 5) is 0. The molecule has 0 fully saturated rings. The number of nitrogens with zero attached hydrogens (tertiary/aromatic N) is 2. The largest absolute Gasteiger partial charge is 0.326 e. The standard InChI is InChI=1S/C17H16FN3/c18-17-7-6-14(15(8-17)9-19)11-21-12-16(10-20-21)13-4-2-1-3-5-13/h1-8,10,12H,9,11,19H2. The van der Waals surface area contributed by atoms with Gasteiger partial charge in [0.15, 0.2) is 0 Å². The average molecular weight is 281 g/mol. The third-order valence-electron chi connectivity index (χ3n) is 3.46. The number of halogens is 1. The summed E-state index contributed by atoms with van der Waals surface area (Å²) >= 11 is 0. The summed E-state index contributed by atoms with van der Waals surface area (Å²) in [6, 6.07) is 14.8. The van der Waals surface area contributed by atoms with Crippen LogP contribution in [0.4, 0.5) is 4.39 Å². The Labute approximate surface area is 122 Å². The first-order valence-corrected chi connectivity index (χ1v) is 6.81. The summed E-state index contributed by atoms with van der Waals surface area (Å²) in [6.07, 6.45) is 3.82. The first kappa shape index (κ1) is 13.5. The van der Waals surface area contributed by atoms with E-state index in [1.54, 1.807) is 6.07 Å². The highest BCUT2D eigenvalue weighted by atomic mass is 19.1. The smallest absolute Gasteiger partial charge is 0.123 e. The highest BCUT2D eigenvalue weighted by molar-refractivity contribution is 5.61. The maximum absolute atomic E-state index is 13.2. The van der Waals surface area contributed by atoms with Crippen LogP contribution in [-0.4, -0.2) is 9.78 Å². The van der Waals surface area contributed by atoms with E-state index in [0.717, 1.165) is 22.3 Å². The van der Waals surface area contributed by atoms with Crippen LogP contribution in [0.1, 0.15) is 11.1 Å². The lowest BCUT2D eigenvalue weighted by Crippen LogP contribution is -2.07. The quantitative estimate of drug-likeness (QED) is 0.798. The molecule has 0 saturated carbocycles. The van der Waals surface area contributed by atoms with Crippen LogP contribution in [0.3, 0.4) is 0 Å². The van der Waals surface area contributed by atoms with Gasteiger partial charge in [0.25, 0.3) is 0 Å². The zero-order chi connectivity index (χ0) is 14.7. The van der Waals surface area contributed by atoms with Gasteiger partial charge in [0.1, 0.15) is 5.82 Å². The normalized spacial score (nSPS) is 10.8. The minimum absolute atomic E-state index is 0.260. The van der Waals surface area contributed by atoms with Crippen molar-refractivity contribution >= 4 is 0 Å². The SMILES string of the molecule is NCc1cc(F)ccc1Cn1cc(-c2ccccc2)cn1. The van der Waals surface area contributed by atoms with Crippen molar-refractivity contribution < 1.29 is 4.39 Å². The molecule has 2 aromatic carbocycles. The first-order chi connectivity index (χ1) is 10.3. The molecule has 0 aliphatic rings. The van der Waals surface area contributed by atoms with E-state index in [2.05, 4.69) is 5.10 Å². The predicted molar refractivity (Wildman–Crippen MR) is 81.1 cm³/mol. The molecule has 2 N–H and O–H groups in total. The van der Waals surface area contributed by atoms with Crippen LogP contribution >= 0.6 is 0 Å². The van der Waals surface area contributed by atoms with Crippen molar-refractivity contribution in [3.63, 3.8) is 0 Å². The van der Waals surface area contributed by atoms with Crippen molar-refractivity contribution in [2.45, 2.75) is 13.1 Å². The molecule has 0 spiro atoms. The van der Waals surface area contributed by atoms with Crippen molar-refractivity contribution in [3.8, 4) is 11.1 Å². The third kappa shape index (κ3) is 3.01. The molecule has 0 bridgehead atoms. The van der Waals surface area contributed by atoms with Crippen LogP contribution in [-0.2, 0) is 13.1 Å². The van der Waals surface area contributed by atoms with Crippen molar-refractivity contribution in [2.75, 3.05) is 0 Å². The number of hydrogen-bond acceptors (Lipinski definition) is 2. The summed E-state index contributed by atoms with van der Waals surface area (Å²) in [7, 11) is 0. The molecule has 1 heterocycles. The minimum atomic E-state index is -0.260. The van der Waals surface area contributed by atoms with Crippen LogP contribution < -0.4 is 5.73 Å². The van der Waals surface area contributed by atoms with Crippen LogP contribution in [0.2, 0.25) is 0 Å². The Bertz CT molecular complexity index is 735. The summed E-state index contributed by atoms with van der Waals surface area (Å²) in [5, 5.41) is 4.37. The van der Waals surface area contributed by atoms with E-state index in [9.17, 15) is 4.39 Å². The first-order valence-electron chi connectivity index (χ1n) is 6.81. The lowest BCUT2D eigenvalue weighted by Gasteiger charge is -2.08. The number of aromatic nitrogens is 2. The van der Waals surface area contributed by atoms with E-state index in [1.807, 2.05) is 47.4 Å². The van der Waals surface area contributed by atoms with E-state index < -0.39 is 0 Å². The fourth-order valence-corrected chi connectivity index (χ4v) is 2.34. The molecular formula is C17H16FN3. The Kier molecular flexibility index (Phi) is 3.79. The van der Waals surface area contributed by atoms with Crippen LogP contribution in [0, 0.1) is 5.82 Å². The number of benzene rings is 2. The van der Waals surface area contributed by atoms with Gasteiger partial charge in [-0.25, -0.2) is 4.39 Å². The molecule has 3 nitrogen and oxygen atoms in total. The molecule has 3 rings (SSSR count). The third-order valence-corrected chi connectivity index (χ3v) is 3.46. The maximum atomic E-state index is 13.2. The lowest BCUT2D eigenvalue weighted by atomic mass is 10.1. The molecule has 0 aliphatic carbocycles. The predicted octanol–water partition coefficient (Wildman–Crippen LogP) is 3.20. The second-order valence-electron chi connectivity index (χ2n) is 4.91. The Morgan fingerprint density at radius 1 is 1.00 bits per heavy atom. The highest BCUT2D eigenvalue weighted by Gasteiger charge is 2.06. The van der Waals surface area contributed by atoms with Gasteiger partial charge in [0.05, 0.1) is 12.7 Å². The van der Waals surface area contributed by atoms with Gasteiger partial charge in [-0.15, -0.1) is 0 Å². The van der Waals surface area contributed by atoms with Gasteiger partial charge in [-0.05, 0) is 28.8 Å². The van der Waals surface area contributed by atoms with Gasteiger partial charge in [-0.2, -0.15) is 5.10 Å². The number of nitrogens with two attached hydrogens (primary N) is 1. The molecule has 0 radical (unpaired) electrons. The molecular weight excluding hydrogens is 265 g/mol. The van der Waals surface area contributed by atoms with Gasteiger partial charge in [0, 0.05) is 18.3 Å². The molecule has 21 heavy (non-hydrogen) atoms. The van der Waals surface area contributed by atoms with Gasteiger partial charge in [0.2, 0.25) is 0 Å². The Morgan fingerprint density at radius 2 is 1.81 bits per heavy atom. The summed E-state index contributed by atoms with van der Waals surface area (Å²) in [5.74, 6) is -0.260. The molecule has 4 heteroatoms. The average Bonchev–Trinajstić information content (AvgIpc) is 2.98. The Hall–Kier alpha value is -2.46. The topological polar surface area (TPSA) is 43.8 Å². The number of rotatable bonds is 4. The van der Waals surface area contributed by atoms with Crippen LogP contribution in [0.25, 0.3) is 11.1 Å². The molecule has 0 amide bonds. The summed E-state index contributed by atoms with van der Waals surface area (Å²) in [6.45, 7) is 0.902. The molecule has 106 valence electrons. The minimum Gasteiger partial charge on any atom is -0.326 e. The van der Waals surface area contributed by atoms with Crippen LogP contribution in [0.15, 0.2) is 60.9 Å². The van der Waals surface area contributed by atoms with E-state index in [0.29, 0.717) is 13.1 Å². The number of hydrogen-bond donors (Lipinski definition) is 1. The van der Waals surface area contributed by atoms with E-state index in [1.165, 1.54) is 12.1 Å². The second-order valence-corrected chi connectivity index (χ2v) is 4.91. The maximum Gasteiger partial charge on any atom is 0.123 e. The summed E-state index contributed by atoms with van der Waals surface area (Å²) in [5.41, 5.74) is 9.66. The molecule has 0 saturated heterocycles. The molecule has 0 unspecified atom stereocenters. The molecule has 3 aromatic rings. The molecule has 0 aliphatic heterocycles. The zero-order valence-corrected chi connectivity index (χ0v) is 11.5.